The molecule has 0 bridgehead atoms. The highest BCUT2D eigenvalue weighted by molar-refractivity contribution is 5.97. The van der Waals surface area contributed by atoms with Crippen LogP contribution in [-0.4, -0.2) is 54.3 Å². The summed E-state index contributed by atoms with van der Waals surface area (Å²) in [4.78, 5) is 14.9. The number of nitrogens with one attached hydrogen (secondary N) is 1. The molecular weight excluding hydrogens is 456 g/mol. The van der Waals surface area contributed by atoms with Crippen molar-refractivity contribution in [3.8, 4) is 40.2 Å². The minimum Gasteiger partial charge on any atom is -0.496 e. The van der Waals surface area contributed by atoms with Crippen LogP contribution in [0.3, 0.4) is 0 Å². The van der Waals surface area contributed by atoms with E-state index in [1.807, 2.05) is 54.6 Å². The number of ether oxygens (including phenoxy) is 2. The van der Waals surface area contributed by atoms with E-state index in [1.54, 1.807) is 18.2 Å². The quantitative estimate of drug-likeness (QED) is 0.309. The lowest BCUT2D eigenvalue weighted by atomic mass is 10.1. The van der Waals surface area contributed by atoms with Crippen molar-refractivity contribution < 1.29 is 18.7 Å². The fourth-order valence-corrected chi connectivity index (χ4v) is 3.72. The lowest BCUT2D eigenvalue weighted by Gasteiger charge is -2.18. The van der Waals surface area contributed by atoms with Gasteiger partial charge in [-0.15, -0.1) is 10.2 Å². The molecule has 36 heavy (non-hydrogen) atoms. The number of aromatic nitrogens is 2. The summed E-state index contributed by atoms with van der Waals surface area (Å²) in [5.74, 6) is 2.44. The molecule has 0 spiro atoms. The first-order valence-corrected chi connectivity index (χ1v) is 12.0. The largest absolute Gasteiger partial charge is 0.496 e. The predicted molar refractivity (Wildman–Crippen MR) is 138 cm³/mol. The molecule has 0 saturated carbocycles. The van der Waals surface area contributed by atoms with Gasteiger partial charge in [0.2, 0.25) is 11.8 Å². The summed E-state index contributed by atoms with van der Waals surface area (Å²) in [6.07, 6.45) is 0. The van der Waals surface area contributed by atoms with Gasteiger partial charge in [-0.05, 0) is 67.7 Å². The van der Waals surface area contributed by atoms with Crippen molar-refractivity contribution in [1.82, 2.24) is 20.4 Å². The minimum absolute atomic E-state index is 0.186. The number of rotatable bonds is 11. The fraction of sp³-hybridized carbons (Fsp3) is 0.250. The van der Waals surface area contributed by atoms with Crippen LogP contribution < -0.4 is 14.8 Å². The number of benzene rings is 3. The zero-order valence-electron chi connectivity index (χ0n) is 20.7. The van der Waals surface area contributed by atoms with Gasteiger partial charge in [0.05, 0.1) is 12.7 Å². The van der Waals surface area contributed by atoms with E-state index in [4.69, 9.17) is 13.9 Å². The Hall–Kier alpha value is -4.17. The molecule has 4 rings (SSSR count). The van der Waals surface area contributed by atoms with Crippen molar-refractivity contribution in [3.63, 3.8) is 0 Å². The zero-order chi connectivity index (χ0) is 25.3. The van der Waals surface area contributed by atoms with Crippen LogP contribution in [0, 0.1) is 0 Å². The Kier molecular flexibility index (Phi) is 8.31. The van der Waals surface area contributed by atoms with Crippen LogP contribution in [0.4, 0.5) is 0 Å². The third kappa shape index (κ3) is 6.09. The average molecular weight is 487 g/mol. The number of amides is 1. The van der Waals surface area contributed by atoms with Crippen molar-refractivity contribution in [3.05, 3.63) is 78.4 Å². The van der Waals surface area contributed by atoms with Crippen LogP contribution in [0.1, 0.15) is 24.2 Å². The Bertz CT molecular complexity index is 1270. The Labute approximate surface area is 210 Å². The summed E-state index contributed by atoms with van der Waals surface area (Å²) < 4.78 is 17.2. The first-order chi connectivity index (χ1) is 17.6. The molecule has 186 valence electrons. The standard InChI is InChI=1S/C28H30N4O4/c1-4-32(5-2)18-17-29-26(33)24-16-13-21(19-25(24)34-3)28-31-30-27(36-28)20-11-14-23(15-12-20)35-22-9-7-6-8-10-22/h6-16,19H,4-5,17-18H2,1-3H3,(H,29,33). The molecular formula is C28H30N4O4. The van der Waals surface area contributed by atoms with Gasteiger partial charge in [-0.25, -0.2) is 0 Å². The molecule has 0 aliphatic carbocycles. The molecule has 1 amide bonds. The van der Waals surface area contributed by atoms with Gasteiger partial charge in [0.15, 0.2) is 0 Å². The maximum Gasteiger partial charge on any atom is 0.255 e. The smallest absolute Gasteiger partial charge is 0.255 e. The topological polar surface area (TPSA) is 89.7 Å². The van der Waals surface area contributed by atoms with Gasteiger partial charge >= 0.3 is 0 Å². The second-order valence-electron chi connectivity index (χ2n) is 8.05. The van der Waals surface area contributed by atoms with Crippen LogP contribution in [0.25, 0.3) is 22.9 Å². The van der Waals surface area contributed by atoms with Crippen molar-refractivity contribution >= 4 is 5.91 Å². The molecule has 0 atom stereocenters. The summed E-state index contributed by atoms with van der Waals surface area (Å²) in [5.41, 5.74) is 1.88. The Morgan fingerprint density at radius 2 is 1.53 bits per heavy atom. The molecule has 0 unspecified atom stereocenters. The van der Waals surface area contributed by atoms with E-state index in [9.17, 15) is 4.79 Å². The molecule has 0 radical (unpaired) electrons. The van der Waals surface area contributed by atoms with Gasteiger partial charge in [0.1, 0.15) is 17.2 Å². The first-order valence-electron chi connectivity index (χ1n) is 12.0. The van der Waals surface area contributed by atoms with Crippen LogP contribution in [-0.2, 0) is 0 Å². The number of carbonyl (C=O) groups excluding carboxylic acids is 1. The van der Waals surface area contributed by atoms with E-state index in [2.05, 4.69) is 34.3 Å². The molecule has 0 aliphatic rings. The van der Waals surface area contributed by atoms with E-state index in [1.165, 1.54) is 7.11 Å². The number of methoxy groups -OCH3 is 1. The van der Waals surface area contributed by atoms with Crippen LogP contribution in [0.5, 0.6) is 17.2 Å². The van der Waals surface area contributed by atoms with Gasteiger partial charge in [-0.3, -0.25) is 4.79 Å². The van der Waals surface area contributed by atoms with E-state index < -0.39 is 0 Å². The highest BCUT2D eigenvalue weighted by Crippen LogP contribution is 2.30. The highest BCUT2D eigenvalue weighted by Gasteiger charge is 2.17. The van der Waals surface area contributed by atoms with E-state index in [0.29, 0.717) is 41.0 Å². The monoisotopic (exact) mass is 486 g/mol. The normalized spacial score (nSPS) is 10.9. The van der Waals surface area contributed by atoms with Crippen molar-refractivity contribution in [2.75, 3.05) is 33.3 Å². The maximum absolute atomic E-state index is 12.7. The lowest BCUT2D eigenvalue weighted by Crippen LogP contribution is -2.34. The average Bonchev–Trinajstić information content (AvgIpc) is 3.42. The zero-order valence-corrected chi connectivity index (χ0v) is 20.7. The van der Waals surface area contributed by atoms with Crippen LogP contribution in [0.15, 0.2) is 77.2 Å². The summed E-state index contributed by atoms with van der Waals surface area (Å²) >= 11 is 0. The fourth-order valence-electron chi connectivity index (χ4n) is 3.72. The Morgan fingerprint density at radius 1 is 0.889 bits per heavy atom. The second-order valence-corrected chi connectivity index (χ2v) is 8.05. The molecule has 1 aromatic heterocycles. The van der Waals surface area contributed by atoms with Gasteiger partial charge in [0.25, 0.3) is 5.91 Å². The van der Waals surface area contributed by atoms with E-state index in [0.717, 1.165) is 30.9 Å². The first kappa shape index (κ1) is 24.9. The molecule has 0 aliphatic heterocycles. The summed E-state index contributed by atoms with van der Waals surface area (Å²) in [6, 6.07) is 22.2. The maximum atomic E-state index is 12.7. The molecule has 0 fully saturated rings. The molecule has 3 aromatic carbocycles. The SMILES string of the molecule is CCN(CC)CCNC(=O)c1ccc(-c2nnc(-c3ccc(Oc4ccccc4)cc3)o2)cc1OC. The lowest BCUT2D eigenvalue weighted by molar-refractivity contribution is 0.0946. The highest BCUT2D eigenvalue weighted by atomic mass is 16.5. The number of likely N-dealkylation sites (N-methyl/N-ethyl adjacent to an activating group) is 1. The molecule has 1 N–H and O–H groups in total. The minimum atomic E-state index is -0.186. The van der Waals surface area contributed by atoms with E-state index >= 15 is 0 Å². The third-order valence-corrected chi connectivity index (χ3v) is 5.81. The Balaban J connectivity index is 1.44. The second kappa shape index (κ2) is 12.0. The molecule has 8 heteroatoms. The van der Waals surface area contributed by atoms with Gasteiger partial charge in [-0.1, -0.05) is 32.0 Å². The van der Waals surface area contributed by atoms with Gasteiger partial charge < -0.3 is 24.1 Å². The predicted octanol–water partition coefficient (Wildman–Crippen LogP) is 5.28. The number of para-hydroxylation sites is 1. The summed E-state index contributed by atoms with van der Waals surface area (Å²) in [7, 11) is 1.53. The summed E-state index contributed by atoms with van der Waals surface area (Å²) in [5, 5.41) is 11.3. The van der Waals surface area contributed by atoms with Crippen molar-refractivity contribution in [2.24, 2.45) is 0 Å². The van der Waals surface area contributed by atoms with Crippen molar-refractivity contribution in [2.45, 2.75) is 13.8 Å². The number of nitrogens with zero attached hydrogens (tertiary/aromatic N) is 3. The molecule has 1 heterocycles. The number of carbonyl (C=O) groups is 1. The van der Waals surface area contributed by atoms with Gasteiger partial charge in [-0.2, -0.15) is 0 Å². The number of hydrogen-bond donors (Lipinski definition) is 1. The molecule has 8 nitrogen and oxygen atoms in total. The number of hydrogen-bond acceptors (Lipinski definition) is 7. The van der Waals surface area contributed by atoms with Crippen LogP contribution >= 0.6 is 0 Å². The van der Waals surface area contributed by atoms with Gasteiger partial charge in [0, 0.05) is 24.2 Å². The van der Waals surface area contributed by atoms with Crippen LogP contribution in [0.2, 0.25) is 0 Å². The molecule has 0 saturated heterocycles. The summed E-state index contributed by atoms with van der Waals surface area (Å²) in [6.45, 7) is 7.46. The van der Waals surface area contributed by atoms with E-state index in [-0.39, 0.29) is 5.91 Å². The Morgan fingerprint density at radius 3 is 2.19 bits per heavy atom. The molecule has 4 aromatic rings. The van der Waals surface area contributed by atoms with Crippen molar-refractivity contribution in [1.29, 1.82) is 0 Å². The third-order valence-electron chi connectivity index (χ3n) is 5.81.